The van der Waals surface area contributed by atoms with Crippen molar-refractivity contribution in [3.05, 3.63) is 42.0 Å². The third-order valence-electron chi connectivity index (χ3n) is 5.24. The number of nitrogens with one attached hydrogen (secondary N) is 2. The number of hydrogen-bond donors (Lipinski definition) is 2. The summed E-state index contributed by atoms with van der Waals surface area (Å²) >= 11 is 1.44. The van der Waals surface area contributed by atoms with Crippen LogP contribution in [0.2, 0.25) is 0 Å². The van der Waals surface area contributed by atoms with Crippen LogP contribution in [0.1, 0.15) is 45.7 Å². The molecule has 1 atom stereocenters. The highest BCUT2D eigenvalue weighted by molar-refractivity contribution is 7.98. The van der Waals surface area contributed by atoms with Gasteiger partial charge in [-0.05, 0) is 56.5 Å². The SMILES string of the molecule is COc1ccc2c(c1)[C@@H](NS(=O)(=O)c1ccc(SC)c(NC(=O)C(C)C)c1)CC(C)(C)O2. The maximum Gasteiger partial charge on any atom is 0.241 e. The van der Waals surface area contributed by atoms with E-state index in [0.29, 0.717) is 23.6 Å². The summed E-state index contributed by atoms with van der Waals surface area (Å²) in [5.41, 5.74) is 0.656. The second kappa shape index (κ2) is 9.33. The lowest BCUT2D eigenvalue weighted by molar-refractivity contribution is -0.118. The summed E-state index contributed by atoms with van der Waals surface area (Å²) in [5.74, 6) is 0.852. The number of carbonyl (C=O) groups excluding carboxylic acids is 1. The maximum atomic E-state index is 13.3. The van der Waals surface area contributed by atoms with E-state index in [1.807, 2.05) is 20.1 Å². The third-order valence-corrected chi connectivity index (χ3v) is 7.50. The van der Waals surface area contributed by atoms with Crippen molar-refractivity contribution in [3.63, 3.8) is 0 Å². The van der Waals surface area contributed by atoms with Gasteiger partial charge in [-0.3, -0.25) is 4.79 Å². The van der Waals surface area contributed by atoms with Crippen molar-refractivity contribution in [1.29, 1.82) is 0 Å². The van der Waals surface area contributed by atoms with Gasteiger partial charge in [0.15, 0.2) is 0 Å². The zero-order chi connectivity index (χ0) is 23.7. The lowest BCUT2D eigenvalue weighted by Crippen LogP contribution is -2.41. The Morgan fingerprint density at radius 2 is 1.94 bits per heavy atom. The quantitative estimate of drug-likeness (QED) is 0.565. The average Bonchev–Trinajstić information content (AvgIpc) is 2.72. The highest BCUT2D eigenvalue weighted by Crippen LogP contribution is 2.42. The minimum atomic E-state index is -3.88. The van der Waals surface area contributed by atoms with Gasteiger partial charge in [0.2, 0.25) is 15.9 Å². The summed E-state index contributed by atoms with van der Waals surface area (Å²) in [6.07, 6.45) is 2.33. The first-order valence-electron chi connectivity index (χ1n) is 10.3. The predicted octanol–water partition coefficient (Wildman–Crippen LogP) is 4.59. The molecule has 0 unspecified atom stereocenters. The van der Waals surface area contributed by atoms with Crippen LogP contribution in [0.25, 0.3) is 0 Å². The molecule has 1 amide bonds. The molecule has 9 heteroatoms. The minimum absolute atomic E-state index is 0.0862. The van der Waals surface area contributed by atoms with Gasteiger partial charge >= 0.3 is 0 Å². The van der Waals surface area contributed by atoms with Gasteiger partial charge in [-0.15, -0.1) is 11.8 Å². The molecule has 0 aliphatic carbocycles. The van der Waals surface area contributed by atoms with Crippen molar-refractivity contribution >= 4 is 33.4 Å². The Hall–Kier alpha value is -2.23. The Balaban J connectivity index is 1.96. The molecule has 1 heterocycles. The van der Waals surface area contributed by atoms with Crippen molar-refractivity contribution in [1.82, 2.24) is 4.72 Å². The summed E-state index contributed by atoms with van der Waals surface area (Å²) in [6.45, 7) is 7.42. The number of rotatable bonds is 7. The Labute approximate surface area is 194 Å². The summed E-state index contributed by atoms with van der Waals surface area (Å²) in [7, 11) is -2.32. The van der Waals surface area contributed by atoms with E-state index in [0.717, 1.165) is 10.5 Å². The number of fused-ring (bicyclic) bond motifs is 1. The van der Waals surface area contributed by atoms with Crippen molar-refractivity contribution in [2.45, 2.75) is 55.5 Å². The number of thioether (sulfide) groups is 1. The summed E-state index contributed by atoms with van der Waals surface area (Å²) in [6, 6.07) is 9.65. The molecular weight excluding hydrogens is 448 g/mol. The number of benzene rings is 2. The van der Waals surface area contributed by atoms with Gasteiger partial charge in [-0.25, -0.2) is 13.1 Å². The first kappa shape index (κ1) is 24.4. The molecule has 174 valence electrons. The summed E-state index contributed by atoms with van der Waals surface area (Å²) < 4.78 is 40.9. The second-order valence-corrected chi connectivity index (χ2v) is 11.2. The molecule has 3 rings (SSSR count). The molecular formula is C23H30N2O5S2. The molecule has 0 aromatic heterocycles. The number of carbonyl (C=O) groups is 1. The van der Waals surface area contributed by atoms with Gasteiger partial charge in [0.1, 0.15) is 17.1 Å². The van der Waals surface area contributed by atoms with Gasteiger partial charge in [-0.1, -0.05) is 13.8 Å². The van der Waals surface area contributed by atoms with Crippen LogP contribution >= 0.6 is 11.8 Å². The number of amides is 1. The third kappa shape index (κ3) is 5.39. The molecule has 0 spiro atoms. The van der Waals surface area contributed by atoms with Gasteiger partial charge in [0.25, 0.3) is 0 Å². The second-order valence-electron chi connectivity index (χ2n) is 8.65. The Bertz CT molecular complexity index is 1110. The summed E-state index contributed by atoms with van der Waals surface area (Å²) in [4.78, 5) is 13.1. The monoisotopic (exact) mass is 478 g/mol. The van der Waals surface area contributed by atoms with Gasteiger partial charge in [0, 0.05) is 22.8 Å². The fourth-order valence-corrected chi connectivity index (χ4v) is 5.32. The van der Waals surface area contributed by atoms with Crippen LogP contribution in [0.5, 0.6) is 11.5 Å². The normalized spacial score (nSPS) is 17.4. The van der Waals surface area contributed by atoms with Crippen molar-refractivity contribution < 1.29 is 22.7 Å². The highest BCUT2D eigenvalue weighted by atomic mass is 32.2. The van der Waals surface area contributed by atoms with Crippen LogP contribution in [0.3, 0.4) is 0 Å². The topological polar surface area (TPSA) is 93.7 Å². The van der Waals surface area contributed by atoms with E-state index < -0.39 is 21.7 Å². The standard InChI is InChI=1S/C23H30N2O5S2/c1-14(2)22(26)24-18-12-16(8-10-21(18)31-6)32(27,28)25-19-13-23(3,4)30-20-9-7-15(29-5)11-17(19)20/h7-12,14,19,25H,13H2,1-6H3,(H,24,26)/t19-/m0/s1. The van der Waals surface area contributed by atoms with Crippen LogP contribution in [-0.2, 0) is 14.8 Å². The van der Waals surface area contributed by atoms with Gasteiger partial charge in [-0.2, -0.15) is 0 Å². The van der Waals surface area contributed by atoms with Crippen molar-refractivity contribution in [2.75, 3.05) is 18.7 Å². The smallest absolute Gasteiger partial charge is 0.241 e. The first-order chi connectivity index (χ1) is 15.0. The molecule has 32 heavy (non-hydrogen) atoms. The fourth-order valence-electron chi connectivity index (χ4n) is 3.55. The van der Waals surface area contributed by atoms with Crippen LogP contribution < -0.4 is 19.5 Å². The summed E-state index contributed by atoms with van der Waals surface area (Å²) in [5, 5.41) is 2.83. The van der Waals surface area contributed by atoms with Crippen LogP contribution in [0, 0.1) is 5.92 Å². The van der Waals surface area contributed by atoms with Gasteiger partial charge < -0.3 is 14.8 Å². The van der Waals surface area contributed by atoms with E-state index in [-0.39, 0.29) is 16.7 Å². The number of methoxy groups -OCH3 is 1. The largest absolute Gasteiger partial charge is 0.497 e. The molecule has 0 saturated carbocycles. The van der Waals surface area contributed by atoms with E-state index in [9.17, 15) is 13.2 Å². The minimum Gasteiger partial charge on any atom is -0.497 e. The van der Waals surface area contributed by atoms with E-state index in [1.54, 1.807) is 51.3 Å². The lowest BCUT2D eigenvalue weighted by atomic mass is 9.90. The van der Waals surface area contributed by atoms with Crippen LogP contribution in [0.15, 0.2) is 46.2 Å². The molecule has 0 fully saturated rings. The molecule has 0 bridgehead atoms. The van der Waals surface area contributed by atoms with E-state index in [4.69, 9.17) is 9.47 Å². The van der Waals surface area contributed by atoms with E-state index in [2.05, 4.69) is 10.0 Å². The molecule has 1 aliphatic heterocycles. The molecule has 0 saturated heterocycles. The molecule has 7 nitrogen and oxygen atoms in total. The zero-order valence-corrected chi connectivity index (χ0v) is 20.8. The Morgan fingerprint density at radius 3 is 2.56 bits per heavy atom. The van der Waals surface area contributed by atoms with Crippen molar-refractivity contribution in [2.24, 2.45) is 5.92 Å². The molecule has 2 aromatic carbocycles. The molecule has 0 radical (unpaired) electrons. The Morgan fingerprint density at radius 1 is 1.22 bits per heavy atom. The number of sulfonamides is 1. The molecule has 2 aromatic rings. The highest BCUT2D eigenvalue weighted by Gasteiger charge is 2.36. The lowest BCUT2D eigenvalue weighted by Gasteiger charge is -2.37. The van der Waals surface area contributed by atoms with Crippen LogP contribution in [-0.4, -0.2) is 33.3 Å². The maximum absolute atomic E-state index is 13.3. The van der Waals surface area contributed by atoms with E-state index in [1.165, 1.54) is 17.8 Å². The molecule has 2 N–H and O–H groups in total. The van der Waals surface area contributed by atoms with Crippen LogP contribution in [0.4, 0.5) is 5.69 Å². The first-order valence-corrected chi connectivity index (χ1v) is 13.0. The van der Waals surface area contributed by atoms with Gasteiger partial charge in [0.05, 0.1) is 23.7 Å². The molecule has 1 aliphatic rings. The number of anilines is 1. The Kier molecular flexibility index (Phi) is 7.12. The van der Waals surface area contributed by atoms with Crippen molar-refractivity contribution in [3.8, 4) is 11.5 Å². The zero-order valence-electron chi connectivity index (χ0n) is 19.2. The number of hydrogen-bond acceptors (Lipinski definition) is 6. The van der Waals surface area contributed by atoms with E-state index >= 15 is 0 Å². The number of ether oxygens (including phenoxy) is 2. The predicted molar refractivity (Wildman–Crippen MR) is 127 cm³/mol. The fraction of sp³-hybridized carbons (Fsp3) is 0.435. The average molecular weight is 479 g/mol.